The summed E-state index contributed by atoms with van der Waals surface area (Å²) in [4.78, 5) is 2.39. The molecule has 0 fully saturated rings. The molecule has 0 aliphatic heterocycles. The zero-order valence-corrected chi connectivity index (χ0v) is 28.1. The van der Waals surface area contributed by atoms with Gasteiger partial charge in [-0.25, -0.2) is 0 Å². The molecule has 234 valence electrons. The predicted octanol–water partition coefficient (Wildman–Crippen LogP) is 14.3. The van der Waals surface area contributed by atoms with Crippen molar-refractivity contribution in [3.63, 3.8) is 0 Å². The Morgan fingerprint density at radius 2 is 0.960 bits per heavy atom. The van der Waals surface area contributed by atoms with Gasteiger partial charge in [-0.3, -0.25) is 0 Å². The number of nitrogens with zero attached hydrogens (tertiary/aromatic N) is 1. The van der Waals surface area contributed by atoms with Gasteiger partial charge in [0.15, 0.2) is 0 Å². The second-order valence-electron chi connectivity index (χ2n) is 12.9. The molecule has 0 atom stereocenters. The van der Waals surface area contributed by atoms with Crippen LogP contribution in [0.1, 0.15) is 0 Å². The molecule has 2 heteroatoms. The third-order valence-electron chi connectivity index (χ3n) is 10.0. The highest BCUT2D eigenvalue weighted by atomic mass is 32.1. The molecule has 0 spiro atoms. The van der Waals surface area contributed by atoms with E-state index in [2.05, 4.69) is 193 Å². The van der Waals surface area contributed by atoms with Gasteiger partial charge in [-0.05, 0) is 97.0 Å². The molecular formula is C48H31NS. The Balaban J connectivity index is 1.13. The van der Waals surface area contributed by atoms with E-state index >= 15 is 0 Å². The largest absolute Gasteiger partial charge is 0.310 e. The van der Waals surface area contributed by atoms with E-state index in [9.17, 15) is 0 Å². The number of hydrogen-bond donors (Lipinski definition) is 0. The summed E-state index contributed by atoms with van der Waals surface area (Å²) >= 11 is 1.86. The number of rotatable bonds is 5. The molecule has 10 aromatic rings. The minimum Gasteiger partial charge on any atom is -0.310 e. The van der Waals surface area contributed by atoms with Crippen LogP contribution >= 0.6 is 11.3 Å². The lowest BCUT2D eigenvalue weighted by Gasteiger charge is -2.26. The van der Waals surface area contributed by atoms with Crippen LogP contribution in [0.3, 0.4) is 0 Å². The number of hydrogen-bond acceptors (Lipinski definition) is 2. The Hall–Kier alpha value is -6.22. The van der Waals surface area contributed by atoms with Crippen LogP contribution in [-0.2, 0) is 0 Å². The standard InChI is InChI=1S/C48H31NS/c1-2-10-32(11-3-1)36-14-8-15-38(30-36)49(39-26-29-44-43-17-6-7-19-46(43)50-47(44)31-39)37-24-20-34(21-25-37)41-18-9-13-35-23-27-42-40-16-5-4-12-33(40)22-28-45(42)48(35)41/h1-31H. The fourth-order valence-electron chi connectivity index (χ4n) is 7.66. The topological polar surface area (TPSA) is 3.24 Å². The molecule has 10 rings (SSSR count). The van der Waals surface area contributed by atoms with E-state index in [4.69, 9.17) is 0 Å². The average Bonchev–Trinajstić information content (AvgIpc) is 3.56. The summed E-state index contributed by atoms with van der Waals surface area (Å²) < 4.78 is 2.61. The van der Waals surface area contributed by atoms with Crippen LogP contribution in [0.25, 0.3) is 74.7 Å². The van der Waals surface area contributed by atoms with Gasteiger partial charge >= 0.3 is 0 Å². The van der Waals surface area contributed by atoms with Crippen LogP contribution in [-0.4, -0.2) is 0 Å². The maximum absolute atomic E-state index is 2.39. The molecule has 0 radical (unpaired) electrons. The third kappa shape index (κ3) is 4.76. The second-order valence-corrected chi connectivity index (χ2v) is 14.0. The lowest BCUT2D eigenvalue weighted by atomic mass is 9.91. The summed E-state index contributed by atoms with van der Waals surface area (Å²) in [5, 5.41) is 10.3. The van der Waals surface area contributed by atoms with Crippen molar-refractivity contribution in [3.05, 3.63) is 188 Å². The quantitative estimate of drug-likeness (QED) is 0.167. The summed E-state index contributed by atoms with van der Waals surface area (Å²) in [6, 6.07) is 68.7. The van der Waals surface area contributed by atoms with Crippen molar-refractivity contribution in [3.8, 4) is 22.3 Å². The summed E-state index contributed by atoms with van der Waals surface area (Å²) in [5.41, 5.74) is 8.25. The van der Waals surface area contributed by atoms with E-state index in [1.165, 1.54) is 74.7 Å². The SMILES string of the molecule is c1ccc(-c2cccc(N(c3ccc(-c4cccc5ccc6c7ccccc7ccc6c45)cc3)c3ccc4c(c3)sc3ccccc34)c2)cc1. The fourth-order valence-corrected chi connectivity index (χ4v) is 8.80. The molecule has 1 aromatic heterocycles. The summed E-state index contributed by atoms with van der Waals surface area (Å²) in [6.45, 7) is 0. The molecule has 1 heterocycles. The third-order valence-corrected chi connectivity index (χ3v) is 11.2. The van der Waals surface area contributed by atoms with Crippen LogP contribution in [0.15, 0.2) is 188 Å². The molecule has 50 heavy (non-hydrogen) atoms. The molecule has 1 nitrogen and oxygen atoms in total. The van der Waals surface area contributed by atoms with Crippen molar-refractivity contribution in [2.75, 3.05) is 4.90 Å². The Morgan fingerprint density at radius 3 is 1.86 bits per heavy atom. The van der Waals surface area contributed by atoms with Crippen molar-refractivity contribution < 1.29 is 0 Å². The molecule has 0 bridgehead atoms. The first-order valence-electron chi connectivity index (χ1n) is 17.1. The van der Waals surface area contributed by atoms with Crippen molar-refractivity contribution >= 4 is 80.9 Å². The Labute approximate surface area is 294 Å². The van der Waals surface area contributed by atoms with E-state index in [1.54, 1.807) is 0 Å². The number of anilines is 3. The maximum atomic E-state index is 2.39. The highest BCUT2D eigenvalue weighted by molar-refractivity contribution is 7.25. The van der Waals surface area contributed by atoms with Gasteiger partial charge in [0.05, 0.1) is 0 Å². The van der Waals surface area contributed by atoms with Gasteiger partial charge in [0.25, 0.3) is 0 Å². The second kappa shape index (κ2) is 11.7. The highest BCUT2D eigenvalue weighted by Crippen LogP contribution is 2.43. The van der Waals surface area contributed by atoms with Crippen LogP contribution in [0.5, 0.6) is 0 Å². The lowest BCUT2D eigenvalue weighted by molar-refractivity contribution is 1.29. The van der Waals surface area contributed by atoms with Gasteiger partial charge in [-0.2, -0.15) is 0 Å². The van der Waals surface area contributed by atoms with Crippen molar-refractivity contribution in [2.24, 2.45) is 0 Å². The molecule has 0 unspecified atom stereocenters. The Bertz CT molecular complexity index is 2870. The summed E-state index contributed by atoms with van der Waals surface area (Å²) in [5.74, 6) is 0. The molecule has 0 saturated heterocycles. The lowest BCUT2D eigenvalue weighted by Crippen LogP contribution is -2.09. The number of benzene rings is 9. The summed E-state index contributed by atoms with van der Waals surface area (Å²) in [7, 11) is 0. The minimum atomic E-state index is 1.12. The summed E-state index contributed by atoms with van der Waals surface area (Å²) in [6.07, 6.45) is 0. The smallest absolute Gasteiger partial charge is 0.0476 e. The Morgan fingerprint density at radius 1 is 0.320 bits per heavy atom. The van der Waals surface area contributed by atoms with Gasteiger partial charge in [0, 0.05) is 37.2 Å². The number of thiophene rings is 1. The first kappa shape index (κ1) is 28.8. The van der Waals surface area contributed by atoms with Gasteiger partial charge < -0.3 is 4.90 Å². The van der Waals surface area contributed by atoms with Crippen LogP contribution < -0.4 is 4.90 Å². The fraction of sp³-hybridized carbons (Fsp3) is 0. The first-order valence-corrected chi connectivity index (χ1v) is 17.9. The zero-order valence-electron chi connectivity index (χ0n) is 27.3. The van der Waals surface area contributed by atoms with Gasteiger partial charge in [-0.15, -0.1) is 11.3 Å². The van der Waals surface area contributed by atoms with Gasteiger partial charge in [-0.1, -0.05) is 146 Å². The molecule has 0 aliphatic rings. The minimum absolute atomic E-state index is 1.12. The molecule has 0 N–H and O–H groups in total. The molecule has 0 saturated carbocycles. The van der Waals surface area contributed by atoms with Crippen molar-refractivity contribution in [2.45, 2.75) is 0 Å². The van der Waals surface area contributed by atoms with Crippen LogP contribution in [0.4, 0.5) is 17.1 Å². The van der Waals surface area contributed by atoms with E-state index in [-0.39, 0.29) is 0 Å². The normalized spacial score (nSPS) is 11.6. The first-order chi connectivity index (χ1) is 24.8. The van der Waals surface area contributed by atoms with E-state index < -0.39 is 0 Å². The van der Waals surface area contributed by atoms with Crippen LogP contribution in [0, 0.1) is 0 Å². The number of fused-ring (bicyclic) bond motifs is 8. The maximum Gasteiger partial charge on any atom is 0.0476 e. The Kier molecular flexibility index (Phi) is 6.75. The molecule has 9 aromatic carbocycles. The monoisotopic (exact) mass is 653 g/mol. The van der Waals surface area contributed by atoms with Gasteiger partial charge in [0.2, 0.25) is 0 Å². The van der Waals surface area contributed by atoms with E-state index in [1.807, 2.05) is 11.3 Å². The van der Waals surface area contributed by atoms with Gasteiger partial charge in [0.1, 0.15) is 0 Å². The molecular weight excluding hydrogens is 623 g/mol. The molecule has 0 amide bonds. The van der Waals surface area contributed by atoms with E-state index in [0.717, 1.165) is 17.1 Å². The highest BCUT2D eigenvalue weighted by Gasteiger charge is 2.17. The van der Waals surface area contributed by atoms with Crippen LogP contribution in [0.2, 0.25) is 0 Å². The van der Waals surface area contributed by atoms with Crippen molar-refractivity contribution in [1.82, 2.24) is 0 Å². The predicted molar refractivity (Wildman–Crippen MR) is 217 cm³/mol. The molecule has 0 aliphatic carbocycles. The average molecular weight is 654 g/mol. The zero-order chi connectivity index (χ0) is 33.0. The van der Waals surface area contributed by atoms with Crippen molar-refractivity contribution in [1.29, 1.82) is 0 Å². The van der Waals surface area contributed by atoms with E-state index in [0.29, 0.717) is 0 Å².